The summed E-state index contributed by atoms with van der Waals surface area (Å²) in [5.41, 5.74) is 0. The number of allylic oxidation sites excluding steroid dienone is 16. The molecule has 0 aliphatic carbocycles. The van der Waals surface area contributed by atoms with Crippen LogP contribution in [0.25, 0.3) is 0 Å². The molecule has 0 aliphatic heterocycles. The quantitative estimate of drug-likeness (QED) is 0.0245. The second kappa shape index (κ2) is 50.8. The molecular formula is C58H99NO5. The van der Waals surface area contributed by atoms with Crippen molar-refractivity contribution >= 4 is 11.9 Å². The number of amides is 1. The zero-order valence-corrected chi connectivity index (χ0v) is 41.6. The minimum absolute atomic E-state index is 0.0250. The molecule has 0 aromatic carbocycles. The molecule has 0 spiro atoms. The van der Waals surface area contributed by atoms with Crippen LogP contribution in [0.15, 0.2) is 97.2 Å². The number of aliphatic hydroxyl groups is 2. The average Bonchev–Trinajstić information content (AvgIpc) is 3.29. The van der Waals surface area contributed by atoms with Crippen molar-refractivity contribution in [3.8, 4) is 0 Å². The average molecular weight is 890 g/mol. The second-order valence-corrected chi connectivity index (χ2v) is 17.6. The highest BCUT2D eigenvalue weighted by molar-refractivity contribution is 5.77. The highest BCUT2D eigenvalue weighted by Crippen LogP contribution is 2.17. The molecule has 3 atom stereocenters. The number of hydrogen-bond donors (Lipinski definition) is 3. The molecule has 0 saturated carbocycles. The van der Waals surface area contributed by atoms with E-state index in [-0.39, 0.29) is 24.9 Å². The van der Waals surface area contributed by atoms with Crippen LogP contribution in [-0.2, 0) is 14.3 Å². The Kier molecular flexibility index (Phi) is 48.2. The summed E-state index contributed by atoms with van der Waals surface area (Å²) in [5, 5.41) is 23.8. The summed E-state index contributed by atoms with van der Waals surface area (Å²) >= 11 is 0. The van der Waals surface area contributed by atoms with Crippen LogP contribution >= 0.6 is 0 Å². The van der Waals surface area contributed by atoms with Crippen LogP contribution < -0.4 is 5.32 Å². The lowest BCUT2D eigenvalue weighted by atomic mass is 10.0. The molecule has 0 aromatic heterocycles. The van der Waals surface area contributed by atoms with E-state index in [0.29, 0.717) is 19.3 Å². The molecule has 0 saturated heterocycles. The monoisotopic (exact) mass is 890 g/mol. The maximum Gasteiger partial charge on any atom is 0.306 e. The second-order valence-electron chi connectivity index (χ2n) is 17.6. The standard InChI is InChI=1S/C58H99NO5/c1-4-7-10-13-16-19-22-25-27-28-30-32-34-37-40-43-46-49-54(64-58(63)51-48-45-42-39-36-33-29-26-23-20-17-14-11-8-5-2)52-57(62)59-55(53-60)56(61)50-47-44-41-38-35-31-24-21-18-15-12-9-6-3/h8,11,14,16-17,19-20,23,25-27,29-30,32,37,40,54-56,60-61H,4-7,9-10,12-13,15,18,21-22,24,28,31,33-36,38-39,41-53H2,1-3H3,(H,59,62)/b11-8+,17-14+,19-16-,23-20+,27-25-,29-26-,32-30-,40-37-. The predicted octanol–water partition coefficient (Wildman–Crippen LogP) is 16.1. The molecule has 0 bridgehead atoms. The Morgan fingerprint density at radius 2 is 0.922 bits per heavy atom. The summed E-state index contributed by atoms with van der Waals surface area (Å²) in [6.45, 7) is 6.29. The van der Waals surface area contributed by atoms with Crippen LogP contribution in [0.2, 0.25) is 0 Å². The van der Waals surface area contributed by atoms with Gasteiger partial charge < -0.3 is 20.3 Å². The largest absolute Gasteiger partial charge is 0.462 e. The van der Waals surface area contributed by atoms with Gasteiger partial charge >= 0.3 is 5.97 Å². The van der Waals surface area contributed by atoms with E-state index in [1.54, 1.807) is 0 Å². The molecule has 1 amide bonds. The van der Waals surface area contributed by atoms with Crippen LogP contribution in [0.1, 0.15) is 233 Å². The Morgan fingerprint density at radius 3 is 1.48 bits per heavy atom. The third-order valence-electron chi connectivity index (χ3n) is 11.5. The zero-order chi connectivity index (χ0) is 46.7. The molecule has 0 radical (unpaired) electrons. The topological polar surface area (TPSA) is 95.9 Å². The number of rotatable bonds is 46. The summed E-state index contributed by atoms with van der Waals surface area (Å²) in [7, 11) is 0. The van der Waals surface area contributed by atoms with E-state index in [9.17, 15) is 19.8 Å². The number of ether oxygens (including phenoxy) is 1. The first kappa shape index (κ1) is 60.8. The van der Waals surface area contributed by atoms with Crippen molar-refractivity contribution in [1.82, 2.24) is 5.32 Å². The third kappa shape index (κ3) is 45.4. The fourth-order valence-electron chi connectivity index (χ4n) is 7.49. The van der Waals surface area contributed by atoms with Crippen molar-refractivity contribution in [2.24, 2.45) is 0 Å². The number of carbonyl (C=O) groups excluding carboxylic acids is 2. The summed E-state index contributed by atoms with van der Waals surface area (Å²) in [4.78, 5) is 26.2. The van der Waals surface area contributed by atoms with Gasteiger partial charge in [0, 0.05) is 6.42 Å². The smallest absolute Gasteiger partial charge is 0.306 e. The van der Waals surface area contributed by atoms with Gasteiger partial charge in [-0.3, -0.25) is 9.59 Å². The minimum atomic E-state index is -0.812. The summed E-state index contributed by atoms with van der Waals surface area (Å²) < 4.78 is 5.90. The van der Waals surface area contributed by atoms with Gasteiger partial charge in [-0.15, -0.1) is 0 Å². The Labute approximate surface area is 395 Å². The molecule has 3 unspecified atom stereocenters. The Bertz CT molecular complexity index is 1270. The van der Waals surface area contributed by atoms with Crippen molar-refractivity contribution in [2.45, 2.75) is 251 Å². The van der Waals surface area contributed by atoms with Gasteiger partial charge in [0.05, 0.1) is 25.2 Å². The van der Waals surface area contributed by atoms with Gasteiger partial charge in [-0.25, -0.2) is 0 Å². The fourth-order valence-corrected chi connectivity index (χ4v) is 7.49. The molecule has 6 heteroatoms. The maximum absolute atomic E-state index is 13.2. The Hall–Kier alpha value is -3.22. The lowest BCUT2D eigenvalue weighted by Gasteiger charge is -2.24. The van der Waals surface area contributed by atoms with Crippen molar-refractivity contribution in [3.63, 3.8) is 0 Å². The summed E-state index contributed by atoms with van der Waals surface area (Å²) in [6.07, 6.45) is 67.5. The van der Waals surface area contributed by atoms with E-state index in [4.69, 9.17) is 4.74 Å². The number of nitrogens with one attached hydrogen (secondary N) is 1. The van der Waals surface area contributed by atoms with Crippen LogP contribution in [0.4, 0.5) is 0 Å². The van der Waals surface area contributed by atoms with Crippen LogP contribution in [0, 0.1) is 0 Å². The Balaban J connectivity index is 4.75. The van der Waals surface area contributed by atoms with Gasteiger partial charge in [-0.2, -0.15) is 0 Å². The first-order valence-electron chi connectivity index (χ1n) is 26.5. The normalized spacial score (nSPS) is 14.0. The molecule has 0 rings (SSSR count). The van der Waals surface area contributed by atoms with Crippen molar-refractivity contribution in [1.29, 1.82) is 0 Å². The number of unbranched alkanes of at least 4 members (excludes halogenated alkanes) is 21. The molecule has 366 valence electrons. The molecule has 0 heterocycles. The van der Waals surface area contributed by atoms with E-state index in [1.165, 1.54) is 89.9 Å². The first-order valence-corrected chi connectivity index (χ1v) is 26.5. The molecule has 0 aromatic rings. The van der Waals surface area contributed by atoms with Gasteiger partial charge in [-0.1, -0.05) is 234 Å². The fraction of sp³-hybridized carbons (Fsp3) is 0.690. The van der Waals surface area contributed by atoms with E-state index in [0.717, 1.165) is 96.3 Å². The molecule has 0 aliphatic rings. The third-order valence-corrected chi connectivity index (χ3v) is 11.5. The van der Waals surface area contributed by atoms with E-state index < -0.39 is 18.2 Å². The van der Waals surface area contributed by atoms with Gasteiger partial charge in [-0.05, 0) is 83.5 Å². The van der Waals surface area contributed by atoms with Gasteiger partial charge in [0.2, 0.25) is 5.91 Å². The molecule has 6 nitrogen and oxygen atoms in total. The SMILES string of the molecule is CC/C=C/C=C/C=C/C=C\CCCCCCCC(=O)OC(CCC/C=C\C/C=C\C/C=C\C/C=C\CCCCC)CC(=O)NC(CO)C(O)CCCCCCCCCCCCCCC. The summed E-state index contributed by atoms with van der Waals surface area (Å²) in [6, 6.07) is -0.730. The number of hydrogen-bond acceptors (Lipinski definition) is 5. The first-order chi connectivity index (χ1) is 31.5. The highest BCUT2D eigenvalue weighted by Gasteiger charge is 2.24. The van der Waals surface area contributed by atoms with E-state index in [2.05, 4.69) is 105 Å². The maximum atomic E-state index is 13.2. The zero-order valence-electron chi connectivity index (χ0n) is 41.6. The number of esters is 1. The van der Waals surface area contributed by atoms with Crippen molar-refractivity contribution in [2.75, 3.05) is 6.61 Å². The predicted molar refractivity (Wildman–Crippen MR) is 277 cm³/mol. The van der Waals surface area contributed by atoms with Crippen LogP contribution in [0.5, 0.6) is 0 Å². The number of carbonyl (C=O) groups is 2. The Morgan fingerprint density at radius 1 is 0.484 bits per heavy atom. The lowest BCUT2D eigenvalue weighted by molar-refractivity contribution is -0.151. The number of aliphatic hydroxyl groups excluding tert-OH is 2. The molecule has 3 N–H and O–H groups in total. The molecule has 0 fully saturated rings. The van der Waals surface area contributed by atoms with E-state index >= 15 is 0 Å². The van der Waals surface area contributed by atoms with Gasteiger partial charge in [0.25, 0.3) is 0 Å². The van der Waals surface area contributed by atoms with E-state index in [1.807, 2.05) is 18.2 Å². The van der Waals surface area contributed by atoms with Crippen LogP contribution in [-0.4, -0.2) is 46.9 Å². The van der Waals surface area contributed by atoms with Gasteiger partial charge in [0.1, 0.15) is 6.10 Å². The van der Waals surface area contributed by atoms with Gasteiger partial charge in [0.15, 0.2) is 0 Å². The van der Waals surface area contributed by atoms with Crippen molar-refractivity contribution < 1.29 is 24.5 Å². The minimum Gasteiger partial charge on any atom is -0.462 e. The molecular weight excluding hydrogens is 791 g/mol. The lowest BCUT2D eigenvalue weighted by Crippen LogP contribution is -2.46. The molecule has 64 heavy (non-hydrogen) atoms. The summed E-state index contributed by atoms with van der Waals surface area (Å²) in [5.74, 6) is -0.560. The van der Waals surface area contributed by atoms with Crippen LogP contribution in [0.3, 0.4) is 0 Å². The highest BCUT2D eigenvalue weighted by atomic mass is 16.5. The van der Waals surface area contributed by atoms with Crippen molar-refractivity contribution in [3.05, 3.63) is 97.2 Å².